The molecule has 194 valence electrons. The first-order chi connectivity index (χ1) is 16.2. The molecule has 0 unspecified atom stereocenters. The number of cyclic esters (lactones) is 1. The van der Waals surface area contributed by atoms with Crippen molar-refractivity contribution < 1.29 is 23.5 Å². The zero-order chi connectivity index (χ0) is 26.2. The summed E-state index contributed by atoms with van der Waals surface area (Å²) in [6.07, 6.45) is 13.1. The van der Waals surface area contributed by atoms with Crippen molar-refractivity contribution in [1.29, 1.82) is 0 Å². The minimum atomic E-state index is -2.00. The van der Waals surface area contributed by atoms with Crippen LogP contribution in [0.1, 0.15) is 66.7 Å². The summed E-state index contributed by atoms with van der Waals surface area (Å²) >= 11 is 0. The van der Waals surface area contributed by atoms with Crippen LogP contribution >= 0.6 is 0 Å². The summed E-state index contributed by atoms with van der Waals surface area (Å²) in [7, 11) is -2.00. The number of rotatable bonds is 3. The quantitative estimate of drug-likeness (QED) is 0.243. The van der Waals surface area contributed by atoms with E-state index in [9.17, 15) is 9.59 Å². The van der Waals surface area contributed by atoms with Gasteiger partial charge in [-0.2, -0.15) is 0 Å². The molecular weight excluding hydrogens is 456 g/mol. The number of carbonyl (C=O) groups excluding carboxylic acids is 2. The van der Waals surface area contributed by atoms with E-state index in [1.807, 2.05) is 19.9 Å². The molecule has 0 spiro atoms. The molecule has 1 saturated heterocycles. The van der Waals surface area contributed by atoms with E-state index in [2.05, 4.69) is 46.5 Å². The van der Waals surface area contributed by atoms with Gasteiger partial charge in [-0.3, -0.25) is 4.79 Å². The second-order valence-corrected chi connectivity index (χ2v) is 16.3. The van der Waals surface area contributed by atoms with Crippen molar-refractivity contribution in [3.05, 3.63) is 59.8 Å². The molecule has 2 bridgehead atoms. The molecule has 35 heavy (non-hydrogen) atoms. The van der Waals surface area contributed by atoms with E-state index in [0.29, 0.717) is 25.9 Å². The Morgan fingerprint density at radius 2 is 1.80 bits per heavy atom. The molecule has 2 aliphatic heterocycles. The average molecular weight is 501 g/mol. The number of fused-ring (bicyclic) bond motifs is 2. The largest absolute Gasteiger partial charge is 0.456 e. The van der Waals surface area contributed by atoms with Gasteiger partial charge in [-0.05, 0) is 57.3 Å². The number of esters is 1. The maximum absolute atomic E-state index is 12.6. The van der Waals surface area contributed by atoms with Gasteiger partial charge in [0.2, 0.25) is 0 Å². The molecule has 0 amide bonds. The molecule has 2 aliphatic rings. The summed E-state index contributed by atoms with van der Waals surface area (Å²) in [6.45, 7) is 19.5. The third-order valence-corrected chi connectivity index (χ3v) is 11.4. The van der Waals surface area contributed by atoms with E-state index in [1.165, 1.54) is 6.08 Å². The molecule has 6 heteroatoms. The topological polar surface area (TPSA) is 61.8 Å². The highest BCUT2D eigenvalue weighted by Crippen LogP contribution is 2.37. The van der Waals surface area contributed by atoms with E-state index in [-0.39, 0.29) is 23.0 Å². The first-order valence-corrected chi connectivity index (χ1v) is 15.5. The van der Waals surface area contributed by atoms with Crippen LogP contribution < -0.4 is 0 Å². The van der Waals surface area contributed by atoms with Crippen molar-refractivity contribution in [2.24, 2.45) is 0 Å². The Bertz CT molecular complexity index is 901. The molecule has 1 fully saturated rings. The number of ether oxygens (including phenoxy) is 2. The zero-order valence-electron chi connectivity index (χ0n) is 22.7. The van der Waals surface area contributed by atoms with Crippen LogP contribution in [0.15, 0.2) is 59.8 Å². The molecule has 0 radical (unpaired) electrons. The van der Waals surface area contributed by atoms with Gasteiger partial charge in [0, 0.05) is 18.9 Å². The van der Waals surface area contributed by atoms with Crippen LogP contribution in [0.5, 0.6) is 0 Å². The van der Waals surface area contributed by atoms with Crippen LogP contribution in [0.25, 0.3) is 0 Å². The van der Waals surface area contributed by atoms with Crippen LogP contribution in [0.3, 0.4) is 0 Å². The van der Waals surface area contributed by atoms with Gasteiger partial charge in [-0.15, -0.1) is 0 Å². The minimum absolute atomic E-state index is 0.00310. The highest BCUT2D eigenvalue weighted by molar-refractivity contribution is 6.74. The number of allylic oxidation sites excluding steroid dienone is 4. The SMILES string of the molecule is C=C1C[C@@H]2C/C=C/C(=O)C/C(C)=C\C=C\C(=O)O[C@H](CO[Si](C)(C)C(C)(C)C)C/C(C)=C/[C@H](C1)O2. The van der Waals surface area contributed by atoms with E-state index < -0.39 is 20.4 Å². The van der Waals surface area contributed by atoms with Gasteiger partial charge in [-0.25, -0.2) is 4.79 Å². The average Bonchev–Trinajstić information content (AvgIpc) is 2.70. The Kier molecular flexibility index (Phi) is 10.7. The molecule has 2 heterocycles. The van der Waals surface area contributed by atoms with Crippen molar-refractivity contribution in [2.75, 3.05) is 6.61 Å². The van der Waals surface area contributed by atoms with Crippen molar-refractivity contribution in [3.63, 3.8) is 0 Å². The lowest BCUT2D eigenvalue weighted by Gasteiger charge is -2.37. The van der Waals surface area contributed by atoms with Crippen molar-refractivity contribution in [3.8, 4) is 0 Å². The van der Waals surface area contributed by atoms with E-state index in [1.54, 1.807) is 18.2 Å². The van der Waals surface area contributed by atoms with Crippen LogP contribution in [-0.4, -0.2) is 45.0 Å². The van der Waals surface area contributed by atoms with E-state index in [4.69, 9.17) is 13.9 Å². The Balaban J connectivity index is 2.27. The Hall–Kier alpha value is -2.02. The summed E-state index contributed by atoms with van der Waals surface area (Å²) in [4.78, 5) is 24.9. The number of hydrogen-bond acceptors (Lipinski definition) is 5. The van der Waals surface area contributed by atoms with Crippen molar-refractivity contribution in [2.45, 2.75) is 103 Å². The molecule has 0 aliphatic carbocycles. The summed E-state index contributed by atoms with van der Waals surface area (Å²) in [6, 6.07) is 0. The molecule has 0 aromatic carbocycles. The normalized spacial score (nSPS) is 30.7. The van der Waals surface area contributed by atoms with Crippen LogP contribution in [0.2, 0.25) is 18.1 Å². The first kappa shape index (κ1) is 29.2. The summed E-state index contributed by atoms with van der Waals surface area (Å²) in [5.41, 5.74) is 3.12. The lowest BCUT2D eigenvalue weighted by molar-refractivity contribution is -0.144. The minimum Gasteiger partial charge on any atom is -0.456 e. The highest BCUT2D eigenvalue weighted by atomic mass is 28.4. The number of ketones is 1. The molecule has 0 N–H and O–H groups in total. The first-order valence-electron chi connectivity index (χ1n) is 12.6. The van der Waals surface area contributed by atoms with Crippen molar-refractivity contribution >= 4 is 20.1 Å². The molecule has 2 rings (SSSR count). The summed E-state index contributed by atoms with van der Waals surface area (Å²) in [5, 5.41) is 0.0663. The number of hydrogen-bond donors (Lipinski definition) is 0. The third kappa shape index (κ3) is 10.2. The zero-order valence-corrected chi connectivity index (χ0v) is 23.7. The van der Waals surface area contributed by atoms with E-state index in [0.717, 1.165) is 29.6 Å². The number of carbonyl (C=O) groups is 2. The molecule has 0 saturated carbocycles. The van der Waals surface area contributed by atoms with Gasteiger partial charge < -0.3 is 13.9 Å². The predicted molar refractivity (Wildman–Crippen MR) is 145 cm³/mol. The fraction of sp³-hybridized carbons (Fsp3) is 0.586. The van der Waals surface area contributed by atoms with Crippen LogP contribution in [0.4, 0.5) is 0 Å². The maximum atomic E-state index is 12.6. The molecular formula is C29H44O5Si. The van der Waals surface area contributed by atoms with E-state index >= 15 is 0 Å². The Morgan fingerprint density at radius 1 is 1.09 bits per heavy atom. The van der Waals surface area contributed by atoms with Gasteiger partial charge in [-0.1, -0.05) is 68.4 Å². The molecule has 0 aromatic heterocycles. The summed E-state index contributed by atoms with van der Waals surface area (Å²) in [5.74, 6) is -0.388. The fourth-order valence-corrected chi connectivity index (χ4v) is 4.94. The summed E-state index contributed by atoms with van der Waals surface area (Å²) < 4.78 is 18.5. The highest BCUT2D eigenvalue weighted by Gasteiger charge is 2.38. The van der Waals surface area contributed by atoms with Gasteiger partial charge in [0.05, 0.1) is 18.8 Å². The lowest BCUT2D eigenvalue weighted by Crippen LogP contribution is -2.43. The van der Waals surface area contributed by atoms with Gasteiger partial charge >= 0.3 is 5.97 Å². The lowest BCUT2D eigenvalue weighted by atomic mass is 9.95. The van der Waals surface area contributed by atoms with Gasteiger partial charge in [0.25, 0.3) is 0 Å². The van der Waals surface area contributed by atoms with Crippen molar-refractivity contribution in [1.82, 2.24) is 0 Å². The fourth-order valence-electron chi connectivity index (χ4n) is 3.91. The second-order valence-electron chi connectivity index (χ2n) is 11.5. The Morgan fingerprint density at radius 3 is 2.49 bits per heavy atom. The monoisotopic (exact) mass is 500 g/mol. The Labute approximate surface area is 213 Å². The standard InChI is InChI=1S/C29H44O5Si/c1-21-11-9-14-28(31)34-27(20-32-35(7,8)29(4,5)6)19-23(3)18-26-17-22(2)16-25(33-26)13-10-12-24(30)15-21/h9-12,14,18,25-27H,2,13,15-17,19-20H2,1,3-8H3/b12-10+,14-9+,21-11-,23-18+/t25-,26-,27-/m0/s1. The molecule has 3 atom stereocenters. The predicted octanol–water partition coefficient (Wildman–Crippen LogP) is 6.78. The molecule has 0 aromatic rings. The second kappa shape index (κ2) is 12.8. The smallest absolute Gasteiger partial charge is 0.331 e. The van der Waals surface area contributed by atoms with Gasteiger partial charge in [0.1, 0.15) is 6.10 Å². The maximum Gasteiger partial charge on any atom is 0.331 e. The third-order valence-electron chi connectivity index (χ3n) is 6.88. The van der Waals surface area contributed by atoms with Gasteiger partial charge in [0.15, 0.2) is 14.1 Å². The molecule has 5 nitrogen and oxygen atoms in total. The van der Waals surface area contributed by atoms with Crippen LogP contribution in [0, 0.1) is 0 Å². The van der Waals surface area contributed by atoms with Crippen LogP contribution in [-0.2, 0) is 23.5 Å².